The first-order valence-electron chi connectivity index (χ1n) is 10.3. The van der Waals surface area contributed by atoms with Gasteiger partial charge in [-0.05, 0) is 41.3 Å². The monoisotopic (exact) mass is 412 g/mol. The summed E-state index contributed by atoms with van der Waals surface area (Å²) < 4.78 is 5.19. The first kappa shape index (κ1) is 20.5. The smallest absolute Gasteiger partial charge is 0.261 e. The van der Waals surface area contributed by atoms with E-state index in [1.807, 2.05) is 60.7 Å². The molecule has 0 spiro atoms. The number of nitrogens with zero attached hydrogens (tertiary/aromatic N) is 2. The third-order valence-corrected chi connectivity index (χ3v) is 5.43. The van der Waals surface area contributed by atoms with E-state index in [9.17, 15) is 9.59 Å². The molecule has 0 saturated heterocycles. The van der Waals surface area contributed by atoms with Crippen molar-refractivity contribution in [2.24, 2.45) is 4.99 Å². The molecule has 1 heterocycles. The fourth-order valence-electron chi connectivity index (χ4n) is 3.73. The molecule has 5 heteroatoms. The quantitative estimate of drug-likeness (QED) is 0.430. The Morgan fingerprint density at radius 2 is 1.61 bits per heavy atom. The largest absolute Gasteiger partial charge is 0.497 e. The second-order valence-electron chi connectivity index (χ2n) is 7.43. The van der Waals surface area contributed by atoms with E-state index in [1.165, 1.54) is 10.5 Å². The molecule has 0 unspecified atom stereocenters. The van der Waals surface area contributed by atoms with Gasteiger partial charge in [-0.3, -0.25) is 19.5 Å². The highest BCUT2D eigenvalue weighted by Crippen LogP contribution is 2.29. The van der Waals surface area contributed by atoms with Gasteiger partial charge in [-0.2, -0.15) is 0 Å². The van der Waals surface area contributed by atoms with E-state index < -0.39 is 5.92 Å². The van der Waals surface area contributed by atoms with Crippen LogP contribution in [0.5, 0.6) is 5.75 Å². The van der Waals surface area contributed by atoms with Crippen molar-refractivity contribution in [2.75, 3.05) is 13.7 Å². The number of carbonyl (C=O) groups excluding carboxylic acids is 2. The number of ether oxygens (including phenoxy) is 1. The summed E-state index contributed by atoms with van der Waals surface area (Å²) in [6.45, 7) is 0.798. The van der Waals surface area contributed by atoms with Crippen LogP contribution >= 0.6 is 0 Å². The van der Waals surface area contributed by atoms with Gasteiger partial charge in [0.05, 0.1) is 19.6 Å². The maximum absolute atomic E-state index is 13.3. The third-order valence-electron chi connectivity index (χ3n) is 5.43. The summed E-state index contributed by atoms with van der Waals surface area (Å²) in [6, 6.07) is 24.8. The lowest BCUT2D eigenvalue weighted by Crippen LogP contribution is -2.44. The first-order chi connectivity index (χ1) is 15.2. The number of hydrogen-bond acceptors (Lipinski definition) is 4. The molecule has 2 amide bonds. The zero-order valence-electron chi connectivity index (χ0n) is 17.4. The van der Waals surface area contributed by atoms with Crippen LogP contribution in [0.4, 0.5) is 0 Å². The van der Waals surface area contributed by atoms with E-state index in [1.54, 1.807) is 19.4 Å². The Hall–Kier alpha value is -3.73. The van der Waals surface area contributed by atoms with Gasteiger partial charge in [0.2, 0.25) is 5.91 Å². The number of imide groups is 1. The third kappa shape index (κ3) is 4.56. The molecule has 1 aliphatic heterocycles. The van der Waals surface area contributed by atoms with Crippen molar-refractivity contribution in [3.63, 3.8) is 0 Å². The van der Waals surface area contributed by atoms with E-state index in [2.05, 4.69) is 17.1 Å². The minimum Gasteiger partial charge on any atom is -0.497 e. The van der Waals surface area contributed by atoms with Crippen molar-refractivity contribution in [3.8, 4) is 5.75 Å². The summed E-state index contributed by atoms with van der Waals surface area (Å²) in [5.41, 5.74) is 3.33. The van der Waals surface area contributed by atoms with Gasteiger partial charge >= 0.3 is 0 Å². The minimum absolute atomic E-state index is 0.213. The number of benzene rings is 3. The molecule has 0 fully saturated rings. The lowest BCUT2D eigenvalue weighted by atomic mass is 9.89. The molecule has 4 rings (SSSR count). The lowest BCUT2D eigenvalue weighted by Gasteiger charge is -2.31. The Bertz CT molecular complexity index is 1090. The van der Waals surface area contributed by atoms with Crippen molar-refractivity contribution < 1.29 is 14.3 Å². The average Bonchev–Trinajstić information content (AvgIpc) is 2.82. The molecule has 0 radical (unpaired) electrons. The van der Waals surface area contributed by atoms with E-state index in [-0.39, 0.29) is 18.4 Å². The summed E-state index contributed by atoms with van der Waals surface area (Å²) in [5.74, 6) is -0.356. The number of aliphatic imine (C=N–C) groups is 1. The van der Waals surface area contributed by atoms with Gasteiger partial charge in [-0.15, -0.1) is 0 Å². The normalized spacial score (nSPS) is 15.9. The van der Waals surface area contributed by atoms with E-state index in [0.29, 0.717) is 17.7 Å². The van der Waals surface area contributed by atoms with Crippen molar-refractivity contribution in [2.45, 2.75) is 18.9 Å². The molecule has 0 saturated carbocycles. The van der Waals surface area contributed by atoms with Crippen molar-refractivity contribution >= 4 is 18.0 Å². The van der Waals surface area contributed by atoms with Crippen LogP contribution in [0.15, 0.2) is 83.9 Å². The van der Waals surface area contributed by atoms with Crippen LogP contribution in [0.2, 0.25) is 0 Å². The molecular formula is C26H24N2O3. The average molecular weight is 412 g/mol. The summed E-state index contributed by atoms with van der Waals surface area (Å²) in [5, 5.41) is 0. The van der Waals surface area contributed by atoms with Crippen LogP contribution < -0.4 is 4.74 Å². The number of carbonyl (C=O) groups is 2. The Morgan fingerprint density at radius 3 is 2.35 bits per heavy atom. The number of hydrogen-bond donors (Lipinski definition) is 0. The molecule has 0 N–H and O–H groups in total. The molecule has 5 nitrogen and oxygen atoms in total. The van der Waals surface area contributed by atoms with Gasteiger partial charge in [0, 0.05) is 18.3 Å². The predicted molar refractivity (Wildman–Crippen MR) is 121 cm³/mol. The van der Waals surface area contributed by atoms with E-state index in [4.69, 9.17) is 4.74 Å². The summed E-state index contributed by atoms with van der Waals surface area (Å²) in [7, 11) is 1.60. The first-order valence-corrected chi connectivity index (χ1v) is 10.3. The fourth-order valence-corrected chi connectivity index (χ4v) is 3.73. The number of fused-ring (bicyclic) bond motifs is 1. The standard InChI is InChI=1S/C26H24N2O3/c1-31-21-13-11-20(12-14-21)18-28-25(29)23-10-6-5-9-22(23)24(26(28)30)17-27-16-15-19-7-3-2-4-8-19/h2-14,17,24H,15-16,18H2,1H3/t24-/m0/s1. The zero-order valence-corrected chi connectivity index (χ0v) is 17.4. The zero-order chi connectivity index (χ0) is 21.6. The summed E-state index contributed by atoms with van der Waals surface area (Å²) in [4.78, 5) is 32.2. The van der Waals surface area contributed by atoms with Crippen molar-refractivity contribution in [1.82, 2.24) is 4.90 Å². The summed E-state index contributed by atoms with van der Waals surface area (Å²) >= 11 is 0. The molecule has 3 aromatic carbocycles. The molecule has 156 valence electrons. The van der Waals surface area contributed by atoms with Crippen molar-refractivity contribution in [3.05, 3.63) is 101 Å². The fraction of sp³-hybridized carbons (Fsp3) is 0.192. The SMILES string of the molecule is COc1ccc(CN2C(=O)c3ccccc3[C@H](C=NCCc3ccccc3)C2=O)cc1. The molecular weight excluding hydrogens is 388 g/mol. The van der Waals surface area contributed by atoms with Gasteiger partial charge < -0.3 is 4.74 Å². The van der Waals surface area contributed by atoms with Gasteiger partial charge in [-0.25, -0.2) is 0 Å². The minimum atomic E-state index is -0.567. The second-order valence-corrected chi connectivity index (χ2v) is 7.43. The van der Waals surface area contributed by atoms with Crippen LogP contribution in [0.25, 0.3) is 0 Å². The molecule has 31 heavy (non-hydrogen) atoms. The maximum atomic E-state index is 13.3. The second kappa shape index (κ2) is 9.39. The highest BCUT2D eigenvalue weighted by molar-refractivity contribution is 6.16. The van der Waals surface area contributed by atoms with E-state index in [0.717, 1.165) is 17.7 Å². The highest BCUT2D eigenvalue weighted by Gasteiger charge is 2.37. The van der Waals surface area contributed by atoms with Gasteiger partial charge in [0.1, 0.15) is 5.75 Å². The molecule has 0 aliphatic carbocycles. The maximum Gasteiger partial charge on any atom is 0.261 e. The predicted octanol–water partition coefficient (Wildman–Crippen LogP) is 4.27. The summed E-state index contributed by atoms with van der Waals surface area (Å²) in [6.07, 6.45) is 2.49. The van der Waals surface area contributed by atoms with Crippen LogP contribution in [0, 0.1) is 0 Å². The van der Waals surface area contributed by atoms with Gasteiger partial charge in [0.25, 0.3) is 5.91 Å². The van der Waals surface area contributed by atoms with Crippen molar-refractivity contribution in [1.29, 1.82) is 0 Å². The Kier molecular flexibility index (Phi) is 6.22. The van der Waals surface area contributed by atoms with Gasteiger partial charge in [-0.1, -0.05) is 60.7 Å². The van der Waals surface area contributed by atoms with Crippen LogP contribution in [0.3, 0.4) is 0 Å². The molecule has 0 aromatic heterocycles. The number of methoxy groups -OCH3 is 1. The number of amides is 2. The Morgan fingerprint density at radius 1 is 0.903 bits per heavy atom. The Balaban J connectivity index is 1.55. The lowest BCUT2D eigenvalue weighted by molar-refractivity contribution is -0.129. The molecule has 1 atom stereocenters. The van der Waals surface area contributed by atoms with Crippen LogP contribution in [-0.4, -0.2) is 36.6 Å². The highest BCUT2D eigenvalue weighted by atomic mass is 16.5. The van der Waals surface area contributed by atoms with E-state index >= 15 is 0 Å². The topological polar surface area (TPSA) is 59.0 Å². The van der Waals surface area contributed by atoms with Crippen LogP contribution in [-0.2, 0) is 17.8 Å². The molecule has 1 aliphatic rings. The number of rotatable bonds is 7. The molecule has 3 aromatic rings. The van der Waals surface area contributed by atoms with Gasteiger partial charge in [0.15, 0.2) is 0 Å². The Labute approximate surface area is 182 Å². The van der Waals surface area contributed by atoms with Crippen LogP contribution in [0.1, 0.15) is 33.0 Å². The molecule has 0 bridgehead atoms.